The first-order chi connectivity index (χ1) is 12.4. The maximum absolute atomic E-state index is 14.2. The van der Waals surface area contributed by atoms with E-state index >= 15 is 0 Å². The quantitative estimate of drug-likeness (QED) is 0.795. The van der Waals surface area contributed by atoms with Crippen molar-refractivity contribution >= 4 is 5.91 Å². The van der Waals surface area contributed by atoms with Crippen molar-refractivity contribution < 1.29 is 22.4 Å². The van der Waals surface area contributed by atoms with Gasteiger partial charge in [0.2, 0.25) is 0 Å². The van der Waals surface area contributed by atoms with E-state index in [0.29, 0.717) is 11.6 Å². The van der Waals surface area contributed by atoms with E-state index in [9.17, 15) is 22.4 Å². The van der Waals surface area contributed by atoms with Crippen LogP contribution in [0.3, 0.4) is 0 Å². The fraction of sp³-hybridized carbons (Fsp3) is 0.412. The summed E-state index contributed by atoms with van der Waals surface area (Å²) in [5.74, 6) is -1.12. The highest BCUT2D eigenvalue weighted by Crippen LogP contribution is 2.28. The van der Waals surface area contributed by atoms with Crippen molar-refractivity contribution in [2.45, 2.75) is 25.1 Å². The molecule has 1 aromatic heterocycles. The summed E-state index contributed by atoms with van der Waals surface area (Å²) in [6, 6.07) is 6.57. The van der Waals surface area contributed by atoms with E-state index in [2.05, 4.69) is 15.3 Å². The summed E-state index contributed by atoms with van der Waals surface area (Å²) in [5.41, 5.74) is -0.994. The lowest BCUT2D eigenvalue weighted by atomic mass is 10.0. The minimum atomic E-state index is -4.60. The molecule has 1 amide bonds. The Bertz CT molecular complexity index is 768. The Balaban J connectivity index is 1.72. The molecule has 1 aliphatic heterocycles. The van der Waals surface area contributed by atoms with E-state index in [1.165, 1.54) is 6.07 Å². The van der Waals surface area contributed by atoms with Crippen LogP contribution in [0.1, 0.15) is 40.6 Å². The zero-order chi connectivity index (χ0) is 18.7. The van der Waals surface area contributed by atoms with Crippen molar-refractivity contribution in [1.29, 1.82) is 0 Å². The number of aromatic nitrogens is 2. The maximum Gasteiger partial charge on any atom is 0.432 e. The van der Waals surface area contributed by atoms with Gasteiger partial charge in [-0.3, -0.25) is 14.8 Å². The van der Waals surface area contributed by atoms with Crippen molar-refractivity contribution in [3.8, 4) is 0 Å². The van der Waals surface area contributed by atoms with Crippen LogP contribution in [0.4, 0.5) is 17.6 Å². The van der Waals surface area contributed by atoms with Crippen molar-refractivity contribution in [2.75, 3.05) is 19.6 Å². The van der Waals surface area contributed by atoms with Gasteiger partial charge in [0.25, 0.3) is 5.91 Å². The Hall–Kier alpha value is -2.42. The number of hydrogen-bond donors (Lipinski definition) is 2. The highest BCUT2D eigenvalue weighted by Gasteiger charge is 2.34. The molecule has 3 rings (SSSR count). The number of benzene rings is 1. The molecule has 1 atom stereocenters. The van der Waals surface area contributed by atoms with Crippen molar-refractivity contribution in [3.63, 3.8) is 0 Å². The highest BCUT2D eigenvalue weighted by atomic mass is 19.4. The summed E-state index contributed by atoms with van der Waals surface area (Å²) in [4.78, 5) is 14.2. The third-order valence-electron chi connectivity index (χ3n) is 4.42. The summed E-state index contributed by atoms with van der Waals surface area (Å²) in [5, 5.41) is 7.78. The number of carbonyl (C=O) groups is 1. The molecule has 0 saturated carbocycles. The number of alkyl halides is 3. The molecule has 0 bridgehead atoms. The van der Waals surface area contributed by atoms with Gasteiger partial charge < -0.3 is 5.32 Å². The second-order valence-corrected chi connectivity index (χ2v) is 6.16. The van der Waals surface area contributed by atoms with Gasteiger partial charge >= 0.3 is 6.18 Å². The van der Waals surface area contributed by atoms with Crippen LogP contribution in [0.25, 0.3) is 0 Å². The van der Waals surface area contributed by atoms with Gasteiger partial charge in [-0.05, 0) is 32.0 Å². The number of nitrogens with zero attached hydrogens (tertiary/aromatic N) is 2. The summed E-state index contributed by atoms with van der Waals surface area (Å²) >= 11 is 0. The fourth-order valence-electron chi connectivity index (χ4n) is 3.10. The first-order valence-electron chi connectivity index (χ1n) is 8.25. The number of likely N-dealkylation sites (tertiary alicyclic amines) is 1. The number of amides is 1. The zero-order valence-electron chi connectivity index (χ0n) is 13.8. The number of nitrogens with one attached hydrogen (secondary N) is 2. The molecule has 1 aromatic carbocycles. The number of H-pyrrole nitrogens is 1. The largest absolute Gasteiger partial charge is 0.432 e. The van der Waals surface area contributed by atoms with Crippen LogP contribution in [0.15, 0.2) is 30.3 Å². The lowest BCUT2D eigenvalue weighted by Crippen LogP contribution is -2.37. The standard InChI is InChI=1S/C17H18F4N4O/c18-12-6-2-1-5-11(12)14(25-7-3-4-8-25)10-22-16(26)13-9-15(24-23-13)17(19,20)21/h1-2,5-6,9,14H,3-4,7-8,10H2,(H,22,26)(H,23,24)/t14-/m0/s1. The van der Waals surface area contributed by atoms with Gasteiger partial charge in [-0.15, -0.1) is 0 Å². The molecular weight excluding hydrogens is 352 g/mol. The Morgan fingerprint density at radius 3 is 2.58 bits per heavy atom. The maximum atomic E-state index is 14.2. The summed E-state index contributed by atoms with van der Waals surface area (Å²) < 4.78 is 52.0. The van der Waals surface area contributed by atoms with E-state index in [0.717, 1.165) is 25.9 Å². The number of halogens is 4. The van der Waals surface area contributed by atoms with Crippen molar-refractivity contribution in [2.24, 2.45) is 0 Å². The van der Waals surface area contributed by atoms with E-state index in [1.54, 1.807) is 23.3 Å². The average molecular weight is 370 g/mol. The number of rotatable bonds is 5. The summed E-state index contributed by atoms with van der Waals surface area (Å²) in [6.07, 6.45) is -2.64. The minimum Gasteiger partial charge on any atom is -0.349 e. The molecule has 9 heteroatoms. The molecule has 2 aromatic rings. The van der Waals surface area contributed by atoms with Crippen molar-refractivity contribution in [3.05, 3.63) is 53.1 Å². The van der Waals surface area contributed by atoms with Gasteiger partial charge in [-0.25, -0.2) is 4.39 Å². The first-order valence-corrected chi connectivity index (χ1v) is 8.25. The van der Waals surface area contributed by atoms with E-state index in [4.69, 9.17) is 0 Å². The van der Waals surface area contributed by atoms with Crippen LogP contribution >= 0.6 is 0 Å². The van der Waals surface area contributed by atoms with Crippen LogP contribution in [0, 0.1) is 5.82 Å². The fourth-order valence-corrected chi connectivity index (χ4v) is 3.10. The van der Waals surface area contributed by atoms with Crippen LogP contribution in [0.5, 0.6) is 0 Å². The molecule has 1 fully saturated rings. The Kier molecular flexibility index (Phi) is 5.26. The van der Waals surface area contributed by atoms with Gasteiger partial charge in [0, 0.05) is 18.2 Å². The molecule has 0 spiro atoms. The van der Waals surface area contributed by atoms with Crippen LogP contribution in [-0.2, 0) is 6.18 Å². The van der Waals surface area contributed by atoms with Gasteiger partial charge in [0.05, 0.1) is 6.04 Å². The topological polar surface area (TPSA) is 61.0 Å². The predicted octanol–water partition coefficient (Wildman–Crippen LogP) is 3.13. The second-order valence-electron chi connectivity index (χ2n) is 6.16. The van der Waals surface area contributed by atoms with Crippen LogP contribution in [0.2, 0.25) is 0 Å². The molecule has 1 saturated heterocycles. The molecule has 0 unspecified atom stereocenters. The summed E-state index contributed by atoms with van der Waals surface area (Å²) in [6.45, 7) is 1.62. The van der Waals surface area contributed by atoms with Crippen LogP contribution in [-0.4, -0.2) is 40.6 Å². The van der Waals surface area contributed by atoms with E-state index < -0.39 is 17.8 Å². The molecular formula is C17H18F4N4O. The minimum absolute atomic E-state index is 0.0774. The Labute approximate surface area is 147 Å². The van der Waals surface area contributed by atoms with Gasteiger partial charge in [-0.1, -0.05) is 18.2 Å². The molecule has 5 nitrogen and oxygen atoms in total. The smallest absolute Gasteiger partial charge is 0.349 e. The van der Waals surface area contributed by atoms with Crippen LogP contribution < -0.4 is 5.32 Å². The normalized spacial score (nSPS) is 16.6. The summed E-state index contributed by atoms with van der Waals surface area (Å²) in [7, 11) is 0. The highest BCUT2D eigenvalue weighted by molar-refractivity contribution is 5.92. The monoisotopic (exact) mass is 370 g/mol. The molecule has 2 N–H and O–H groups in total. The zero-order valence-corrected chi connectivity index (χ0v) is 13.8. The molecule has 0 radical (unpaired) electrons. The van der Waals surface area contributed by atoms with Crippen molar-refractivity contribution in [1.82, 2.24) is 20.4 Å². The predicted molar refractivity (Wildman–Crippen MR) is 85.9 cm³/mol. The average Bonchev–Trinajstić information content (AvgIpc) is 3.28. The molecule has 26 heavy (non-hydrogen) atoms. The Morgan fingerprint density at radius 2 is 1.96 bits per heavy atom. The molecule has 2 heterocycles. The van der Waals surface area contributed by atoms with Gasteiger partial charge in [-0.2, -0.15) is 18.3 Å². The number of aromatic amines is 1. The van der Waals surface area contributed by atoms with E-state index in [1.807, 2.05) is 0 Å². The van der Waals surface area contributed by atoms with E-state index in [-0.39, 0.29) is 24.1 Å². The second kappa shape index (κ2) is 7.45. The Morgan fingerprint density at radius 1 is 1.27 bits per heavy atom. The third-order valence-corrected chi connectivity index (χ3v) is 4.42. The lowest BCUT2D eigenvalue weighted by Gasteiger charge is -2.28. The van der Waals surface area contributed by atoms with Gasteiger partial charge in [0.1, 0.15) is 11.5 Å². The lowest BCUT2D eigenvalue weighted by molar-refractivity contribution is -0.141. The molecule has 0 aliphatic carbocycles. The number of carbonyl (C=O) groups excluding carboxylic acids is 1. The SMILES string of the molecule is O=C(NC[C@@H](c1ccccc1F)N1CCCC1)c1cc(C(F)(F)F)[nH]n1. The third kappa shape index (κ3) is 4.04. The first kappa shape index (κ1) is 18.4. The molecule has 1 aliphatic rings. The molecule has 140 valence electrons. The van der Waals surface area contributed by atoms with Gasteiger partial charge in [0.15, 0.2) is 5.69 Å². The number of hydrogen-bond acceptors (Lipinski definition) is 3.